The lowest BCUT2D eigenvalue weighted by atomic mass is 9.99. The molecule has 0 unspecified atom stereocenters. The molecule has 0 bridgehead atoms. The van der Waals surface area contributed by atoms with Crippen molar-refractivity contribution in [2.45, 2.75) is 41.5 Å². The van der Waals surface area contributed by atoms with Gasteiger partial charge in [0, 0.05) is 38.5 Å². The van der Waals surface area contributed by atoms with Crippen molar-refractivity contribution >= 4 is 43.6 Å². The fourth-order valence-electron chi connectivity index (χ4n) is 7.81. The quantitative estimate of drug-likeness (QED) is 0.167. The van der Waals surface area contributed by atoms with E-state index >= 15 is 0 Å². The zero-order valence-corrected chi connectivity index (χ0v) is 33.4. The lowest BCUT2D eigenvalue weighted by molar-refractivity contribution is 1.18. The van der Waals surface area contributed by atoms with E-state index in [1.54, 1.807) is 0 Å². The molecule has 0 N–H and O–H groups in total. The maximum Gasteiger partial charge on any atom is 0.0619 e. The first kappa shape index (κ1) is 37.7. The summed E-state index contributed by atoms with van der Waals surface area (Å²) >= 11 is 0. The normalized spacial score (nSPS) is 10.7. The van der Waals surface area contributed by atoms with E-state index in [0.29, 0.717) is 0 Å². The smallest absolute Gasteiger partial charge is 0.0619 e. The number of fused-ring (bicyclic) bond motifs is 6. The van der Waals surface area contributed by atoms with E-state index < -0.39 is 0 Å². The van der Waals surface area contributed by atoms with Crippen LogP contribution >= 0.6 is 0 Å². The molecule has 0 spiro atoms. The molecule has 2 nitrogen and oxygen atoms in total. The Balaban J connectivity index is 0.000000766. The Kier molecular flexibility index (Phi) is 11.6. The molecule has 0 aliphatic rings. The standard InChI is InChI=1S/C48H32N2.3C2H6/c1-3-12-33(13-4-1)35-22-27-38(28-23-35)49-45-20-9-8-17-42(45)44-32-37(26-31-47(44)49)40-18-11-19-43-41-16-7-10-21-46(41)50(48(40)43)39-29-24-36(25-30-39)34-14-5-2-6-15-34;3*1-2/h1-32H;3*1-2H3. The summed E-state index contributed by atoms with van der Waals surface area (Å²) in [6.45, 7) is 12.0. The van der Waals surface area contributed by atoms with Gasteiger partial charge in [-0.2, -0.15) is 0 Å². The van der Waals surface area contributed by atoms with Crippen molar-refractivity contribution in [1.29, 1.82) is 0 Å². The molecular formula is C54H50N2. The van der Waals surface area contributed by atoms with Crippen LogP contribution in [0.2, 0.25) is 0 Å². The number of hydrogen-bond acceptors (Lipinski definition) is 0. The summed E-state index contributed by atoms with van der Waals surface area (Å²) in [4.78, 5) is 0. The molecule has 0 radical (unpaired) electrons. The topological polar surface area (TPSA) is 9.86 Å². The summed E-state index contributed by atoms with van der Waals surface area (Å²) in [5.74, 6) is 0. The summed E-state index contributed by atoms with van der Waals surface area (Å²) < 4.78 is 4.84. The molecule has 56 heavy (non-hydrogen) atoms. The summed E-state index contributed by atoms with van der Waals surface area (Å²) in [6.07, 6.45) is 0. The van der Waals surface area contributed by atoms with Crippen molar-refractivity contribution < 1.29 is 0 Å². The van der Waals surface area contributed by atoms with Gasteiger partial charge in [-0.3, -0.25) is 0 Å². The van der Waals surface area contributed by atoms with Gasteiger partial charge in [-0.05, 0) is 76.3 Å². The molecule has 0 saturated carbocycles. The lowest BCUT2D eigenvalue weighted by Crippen LogP contribution is -1.96. The van der Waals surface area contributed by atoms with Gasteiger partial charge in [-0.15, -0.1) is 0 Å². The van der Waals surface area contributed by atoms with Crippen LogP contribution in [0.4, 0.5) is 0 Å². The molecule has 0 aliphatic carbocycles. The Labute approximate surface area is 331 Å². The van der Waals surface area contributed by atoms with Crippen LogP contribution in [0, 0.1) is 0 Å². The second-order valence-corrected chi connectivity index (χ2v) is 13.0. The van der Waals surface area contributed by atoms with Crippen LogP contribution in [-0.2, 0) is 0 Å². The molecule has 2 heteroatoms. The molecular weight excluding hydrogens is 677 g/mol. The Morgan fingerprint density at radius 3 is 1.21 bits per heavy atom. The maximum absolute atomic E-state index is 2.44. The zero-order chi connectivity index (χ0) is 39.0. The van der Waals surface area contributed by atoms with Crippen LogP contribution < -0.4 is 0 Å². The fraction of sp³-hybridized carbons (Fsp3) is 0.111. The van der Waals surface area contributed by atoms with Gasteiger partial charge in [0.25, 0.3) is 0 Å². The molecule has 276 valence electrons. The molecule has 10 aromatic rings. The number of hydrogen-bond donors (Lipinski definition) is 0. The summed E-state index contributed by atoms with van der Waals surface area (Å²) in [6, 6.07) is 70.4. The van der Waals surface area contributed by atoms with Crippen LogP contribution in [-0.4, -0.2) is 9.13 Å². The van der Waals surface area contributed by atoms with E-state index in [1.807, 2.05) is 41.5 Å². The molecule has 8 aromatic carbocycles. The van der Waals surface area contributed by atoms with E-state index in [2.05, 4.69) is 203 Å². The van der Waals surface area contributed by atoms with Crippen LogP contribution in [0.15, 0.2) is 194 Å². The number of para-hydroxylation sites is 3. The van der Waals surface area contributed by atoms with Gasteiger partial charge in [0.1, 0.15) is 0 Å². The van der Waals surface area contributed by atoms with Crippen molar-refractivity contribution in [3.63, 3.8) is 0 Å². The van der Waals surface area contributed by atoms with E-state index in [9.17, 15) is 0 Å². The predicted octanol–water partition coefficient (Wildman–Crippen LogP) is 16.0. The molecule has 0 saturated heterocycles. The van der Waals surface area contributed by atoms with E-state index in [-0.39, 0.29) is 0 Å². The van der Waals surface area contributed by atoms with Gasteiger partial charge < -0.3 is 9.13 Å². The van der Waals surface area contributed by atoms with Crippen molar-refractivity contribution in [3.05, 3.63) is 194 Å². The number of aromatic nitrogens is 2. The van der Waals surface area contributed by atoms with Crippen LogP contribution in [0.1, 0.15) is 41.5 Å². The van der Waals surface area contributed by atoms with Crippen LogP contribution in [0.5, 0.6) is 0 Å². The van der Waals surface area contributed by atoms with Gasteiger partial charge in [-0.25, -0.2) is 0 Å². The summed E-state index contributed by atoms with van der Waals surface area (Å²) in [5, 5.41) is 5.01. The molecule has 0 aliphatic heterocycles. The van der Waals surface area contributed by atoms with Gasteiger partial charge >= 0.3 is 0 Å². The van der Waals surface area contributed by atoms with Crippen molar-refractivity contribution in [2.24, 2.45) is 0 Å². The molecule has 0 fully saturated rings. The van der Waals surface area contributed by atoms with Crippen molar-refractivity contribution in [3.8, 4) is 44.8 Å². The minimum Gasteiger partial charge on any atom is -0.309 e. The fourth-order valence-corrected chi connectivity index (χ4v) is 7.81. The third kappa shape index (κ3) is 6.80. The molecule has 2 heterocycles. The van der Waals surface area contributed by atoms with E-state index in [1.165, 1.54) is 77.0 Å². The van der Waals surface area contributed by atoms with Crippen LogP contribution in [0.3, 0.4) is 0 Å². The molecule has 0 amide bonds. The number of rotatable bonds is 5. The number of nitrogens with zero attached hydrogens (tertiary/aromatic N) is 2. The predicted molar refractivity (Wildman–Crippen MR) is 245 cm³/mol. The van der Waals surface area contributed by atoms with Gasteiger partial charge in [-0.1, -0.05) is 187 Å². The molecule has 0 atom stereocenters. The van der Waals surface area contributed by atoms with Gasteiger partial charge in [0.05, 0.1) is 22.1 Å². The third-order valence-corrected chi connectivity index (χ3v) is 10.1. The first-order chi connectivity index (χ1) is 27.8. The van der Waals surface area contributed by atoms with Gasteiger partial charge in [0.2, 0.25) is 0 Å². The Morgan fingerprint density at radius 1 is 0.268 bits per heavy atom. The van der Waals surface area contributed by atoms with Gasteiger partial charge in [0.15, 0.2) is 0 Å². The highest BCUT2D eigenvalue weighted by atomic mass is 15.0. The monoisotopic (exact) mass is 726 g/mol. The minimum absolute atomic E-state index is 1.15. The Bertz CT molecular complexity index is 2820. The third-order valence-electron chi connectivity index (χ3n) is 10.1. The Hall–Kier alpha value is -6.64. The highest BCUT2D eigenvalue weighted by Gasteiger charge is 2.18. The van der Waals surface area contributed by atoms with Crippen molar-refractivity contribution in [1.82, 2.24) is 9.13 Å². The first-order valence-corrected chi connectivity index (χ1v) is 20.2. The SMILES string of the molecule is CC.CC.CC.c1ccc(-c2ccc(-n3c4ccccc4c4cc(-c5cccc6c7ccccc7n(-c7ccc(-c8ccccc8)cc7)c56)ccc43)cc2)cc1. The van der Waals surface area contributed by atoms with Crippen LogP contribution in [0.25, 0.3) is 88.4 Å². The lowest BCUT2D eigenvalue weighted by Gasteiger charge is -2.13. The average molecular weight is 727 g/mol. The second kappa shape index (κ2) is 17.2. The first-order valence-electron chi connectivity index (χ1n) is 20.2. The van der Waals surface area contributed by atoms with Crippen molar-refractivity contribution in [2.75, 3.05) is 0 Å². The minimum atomic E-state index is 1.15. The highest BCUT2D eigenvalue weighted by molar-refractivity contribution is 6.15. The van der Waals surface area contributed by atoms with E-state index in [0.717, 1.165) is 11.4 Å². The summed E-state index contributed by atoms with van der Waals surface area (Å²) in [5.41, 5.74) is 14.5. The highest BCUT2D eigenvalue weighted by Crippen LogP contribution is 2.41. The maximum atomic E-state index is 2.44. The molecule has 10 rings (SSSR count). The second-order valence-electron chi connectivity index (χ2n) is 13.0. The largest absolute Gasteiger partial charge is 0.309 e. The number of benzene rings is 8. The van der Waals surface area contributed by atoms with E-state index in [4.69, 9.17) is 0 Å². The Morgan fingerprint density at radius 2 is 0.661 bits per heavy atom. The zero-order valence-electron chi connectivity index (χ0n) is 33.4. The molecule has 2 aromatic heterocycles. The summed E-state index contributed by atoms with van der Waals surface area (Å²) in [7, 11) is 0. The average Bonchev–Trinajstić information content (AvgIpc) is 3.82.